The predicted octanol–water partition coefficient (Wildman–Crippen LogP) is 1.04. The molecule has 124 valence electrons. The zero-order valence-corrected chi connectivity index (χ0v) is 13.1. The molecule has 8 nitrogen and oxygen atoms in total. The fraction of sp³-hybridized carbons (Fsp3) is 0.0588. The Morgan fingerprint density at radius 1 is 1.20 bits per heavy atom. The molecule has 8 heteroatoms. The van der Waals surface area contributed by atoms with Crippen LogP contribution >= 0.6 is 0 Å². The molecular formula is C17H12N4O4. The van der Waals surface area contributed by atoms with E-state index < -0.39 is 11.5 Å². The molecule has 0 radical (unpaired) electrons. The summed E-state index contributed by atoms with van der Waals surface area (Å²) >= 11 is 0. The van der Waals surface area contributed by atoms with Crippen LogP contribution in [0.5, 0.6) is 0 Å². The van der Waals surface area contributed by atoms with E-state index in [0.717, 1.165) is 11.1 Å². The van der Waals surface area contributed by atoms with Gasteiger partial charge in [0, 0.05) is 5.56 Å². The van der Waals surface area contributed by atoms with Crippen molar-refractivity contribution < 1.29 is 18.7 Å². The zero-order chi connectivity index (χ0) is 17.4. The molecule has 0 aliphatic heterocycles. The number of rotatable bonds is 3. The van der Waals surface area contributed by atoms with Crippen molar-refractivity contribution in [3.05, 3.63) is 64.6 Å². The highest BCUT2D eigenvalue weighted by atomic mass is 16.5. The van der Waals surface area contributed by atoms with Crippen LogP contribution in [0.3, 0.4) is 0 Å². The van der Waals surface area contributed by atoms with Gasteiger partial charge in [-0.2, -0.15) is 0 Å². The second kappa shape index (κ2) is 5.75. The molecule has 0 amide bonds. The molecule has 0 bridgehead atoms. The second-order valence-electron chi connectivity index (χ2n) is 5.34. The molecule has 1 N–H and O–H groups in total. The Balaban J connectivity index is 1.66. The van der Waals surface area contributed by atoms with Gasteiger partial charge in [-0.25, -0.2) is 9.78 Å². The number of hydrogen-bond acceptors (Lipinski definition) is 6. The Morgan fingerprint density at radius 3 is 2.64 bits per heavy atom. The van der Waals surface area contributed by atoms with E-state index in [9.17, 15) is 9.90 Å². The second-order valence-corrected chi connectivity index (χ2v) is 5.34. The predicted molar refractivity (Wildman–Crippen MR) is 86.1 cm³/mol. The summed E-state index contributed by atoms with van der Waals surface area (Å²) in [6.07, 6.45) is 0. The molecule has 0 unspecified atom stereocenters. The van der Waals surface area contributed by atoms with E-state index in [0.29, 0.717) is 17.2 Å². The summed E-state index contributed by atoms with van der Waals surface area (Å²) < 4.78 is 11.4. The number of hydrogen-bond donors (Lipinski definition) is 1. The normalized spacial score (nSPS) is 12.0. The molecule has 0 aliphatic carbocycles. The van der Waals surface area contributed by atoms with Crippen molar-refractivity contribution in [1.29, 1.82) is 0 Å². The minimum Gasteiger partial charge on any atom is -0.854 e. The van der Waals surface area contributed by atoms with Crippen LogP contribution in [0, 0.1) is 0 Å². The van der Waals surface area contributed by atoms with Gasteiger partial charge in [0.1, 0.15) is 5.52 Å². The van der Waals surface area contributed by atoms with Crippen molar-refractivity contribution in [3.63, 3.8) is 0 Å². The maximum Gasteiger partial charge on any atom is 0.435 e. The number of nitrogens with one attached hydrogen (secondary N) is 1. The van der Waals surface area contributed by atoms with Crippen molar-refractivity contribution in [3.8, 4) is 11.5 Å². The van der Waals surface area contributed by atoms with Crippen LogP contribution in [-0.2, 0) is 7.05 Å². The van der Waals surface area contributed by atoms with Crippen LogP contribution in [0.1, 0.15) is 5.69 Å². The van der Waals surface area contributed by atoms with Gasteiger partial charge >= 0.3 is 11.3 Å². The lowest BCUT2D eigenvalue weighted by molar-refractivity contribution is -0.742. The zero-order valence-electron chi connectivity index (χ0n) is 13.1. The molecule has 4 aromatic rings. The summed E-state index contributed by atoms with van der Waals surface area (Å²) in [4.78, 5) is 19.8. The first-order valence-corrected chi connectivity index (χ1v) is 7.41. The molecule has 0 atom stereocenters. The third kappa shape index (κ3) is 2.69. The van der Waals surface area contributed by atoms with E-state index in [4.69, 9.17) is 4.42 Å². The van der Waals surface area contributed by atoms with Crippen LogP contribution in [0.15, 0.2) is 67.3 Å². The van der Waals surface area contributed by atoms with Crippen molar-refractivity contribution >= 4 is 22.7 Å². The van der Waals surface area contributed by atoms with Gasteiger partial charge in [0.2, 0.25) is 5.89 Å². The van der Waals surface area contributed by atoms with E-state index in [-0.39, 0.29) is 5.69 Å². The van der Waals surface area contributed by atoms with Gasteiger partial charge in [0.25, 0.3) is 0 Å². The number of aryl methyl sites for hydroxylation is 1. The van der Waals surface area contributed by atoms with Crippen molar-refractivity contribution in [2.24, 2.45) is 12.0 Å². The van der Waals surface area contributed by atoms with Gasteiger partial charge in [-0.05, 0) is 41.7 Å². The fourth-order valence-electron chi connectivity index (χ4n) is 2.42. The number of fused-ring (bicyclic) bond motifs is 1. The van der Waals surface area contributed by atoms with E-state index >= 15 is 0 Å². The molecule has 0 saturated heterocycles. The first-order valence-electron chi connectivity index (χ1n) is 7.41. The number of aliphatic imine (C=N–C) groups is 1. The number of para-hydroxylation sites is 2. The Kier molecular flexibility index (Phi) is 3.42. The highest BCUT2D eigenvalue weighted by Gasteiger charge is 2.17. The topological polar surface area (TPSA) is 111 Å². The van der Waals surface area contributed by atoms with E-state index in [1.165, 1.54) is 11.7 Å². The van der Waals surface area contributed by atoms with Crippen molar-refractivity contribution in [2.75, 3.05) is 0 Å². The van der Waals surface area contributed by atoms with Gasteiger partial charge in [-0.3, -0.25) is 9.52 Å². The summed E-state index contributed by atoms with van der Waals surface area (Å²) in [7, 11) is 1.49. The lowest BCUT2D eigenvalue weighted by atomic mass is 10.2. The van der Waals surface area contributed by atoms with Crippen LogP contribution in [-0.4, -0.2) is 16.2 Å². The highest BCUT2D eigenvalue weighted by Crippen LogP contribution is 2.25. The standard InChI is InChI=1S/C17H12N4O4/c1-21-14(17(23)25-20-21)15(22)18-11-8-6-10(7-9-11)16-19-12-4-2-3-5-13(12)24-16/h2-9H,1H3,(H-,18,19,20,22,23). The molecule has 2 aromatic heterocycles. The maximum atomic E-state index is 12.1. The van der Waals surface area contributed by atoms with Crippen LogP contribution in [0.4, 0.5) is 5.69 Å². The summed E-state index contributed by atoms with van der Waals surface area (Å²) in [6, 6.07) is 14.3. The monoisotopic (exact) mass is 336 g/mol. The fourth-order valence-corrected chi connectivity index (χ4v) is 2.42. The SMILES string of the molecule is C[n+]1[nH]oc(=O)c1C([O-])=Nc1ccc(-c2nc3ccccc3o2)cc1. The first kappa shape index (κ1) is 14.9. The van der Waals surface area contributed by atoms with Gasteiger partial charge < -0.3 is 9.52 Å². The number of aromatic amines is 1. The van der Waals surface area contributed by atoms with E-state index in [2.05, 4.69) is 19.8 Å². The molecule has 0 saturated carbocycles. The van der Waals surface area contributed by atoms with Crippen LogP contribution in [0.2, 0.25) is 0 Å². The molecular weight excluding hydrogens is 324 g/mol. The van der Waals surface area contributed by atoms with Gasteiger partial charge in [-0.1, -0.05) is 16.8 Å². The third-order valence-corrected chi connectivity index (χ3v) is 3.65. The van der Waals surface area contributed by atoms with E-state index in [1.807, 2.05) is 24.3 Å². The highest BCUT2D eigenvalue weighted by molar-refractivity contribution is 5.88. The smallest absolute Gasteiger partial charge is 0.435 e. The molecule has 25 heavy (non-hydrogen) atoms. The number of nitrogens with zero attached hydrogens (tertiary/aromatic N) is 3. The summed E-state index contributed by atoms with van der Waals surface area (Å²) in [5.41, 5.74) is 1.70. The minimum atomic E-state index is -0.764. The molecule has 2 heterocycles. The number of oxazole rings is 1. The van der Waals surface area contributed by atoms with Crippen molar-refractivity contribution in [1.82, 2.24) is 10.3 Å². The number of H-pyrrole nitrogens is 1. The lowest BCUT2D eigenvalue weighted by Crippen LogP contribution is -2.43. The number of aromatic nitrogens is 3. The average Bonchev–Trinajstić information content (AvgIpc) is 3.18. The molecule has 0 spiro atoms. The largest absolute Gasteiger partial charge is 0.854 e. The summed E-state index contributed by atoms with van der Waals surface area (Å²) in [6.45, 7) is 0. The van der Waals surface area contributed by atoms with Crippen LogP contribution < -0.4 is 15.4 Å². The van der Waals surface area contributed by atoms with Gasteiger partial charge in [0.05, 0.1) is 11.6 Å². The van der Waals surface area contributed by atoms with Crippen LogP contribution in [0.25, 0.3) is 22.6 Å². The molecule has 0 fully saturated rings. The Morgan fingerprint density at radius 2 is 1.96 bits per heavy atom. The molecule has 0 aliphatic rings. The summed E-state index contributed by atoms with van der Waals surface area (Å²) in [5, 5.41) is 14.4. The van der Waals surface area contributed by atoms with Crippen molar-refractivity contribution in [2.45, 2.75) is 0 Å². The molecule has 2 aromatic carbocycles. The average molecular weight is 336 g/mol. The number of benzene rings is 2. The van der Waals surface area contributed by atoms with Gasteiger partial charge in [0.15, 0.2) is 12.6 Å². The first-order chi connectivity index (χ1) is 12.1. The summed E-state index contributed by atoms with van der Waals surface area (Å²) in [5.74, 6) is -0.205. The maximum absolute atomic E-state index is 12.1. The third-order valence-electron chi connectivity index (χ3n) is 3.65. The Bertz CT molecular complexity index is 1100. The lowest BCUT2D eigenvalue weighted by Gasteiger charge is -2.03. The minimum absolute atomic E-state index is 0.178. The Hall–Kier alpha value is -3.68. The quantitative estimate of drug-likeness (QED) is 0.341. The Labute approximate surface area is 140 Å². The molecule has 4 rings (SSSR count). The van der Waals surface area contributed by atoms with E-state index in [1.54, 1.807) is 24.3 Å². The van der Waals surface area contributed by atoms with Gasteiger partial charge in [-0.15, -0.1) is 0 Å².